The monoisotopic (exact) mass is 497 g/mol. The van der Waals surface area contributed by atoms with Gasteiger partial charge in [0.1, 0.15) is 11.3 Å². The highest BCUT2D eigenvalue weighted by atomic mass is 16.2. The number of amides is 1. The Morgan fingerprint density at radius 2 is 1.95 bits per heavy atom. The average Bonchev–Trinajstić information content (AvgIpc) is 3.52. The van der Waals surface area contributed by atoms with E-state index in [-0.39, 0.29) is 17.9 Å². The number of fused-ring (bicyclic) bond motifs is 2. The lowest BCUT2D eigenvalue weighted by Crippen LogP contribution is -2.43. The van der Waals surface area contributed by atoms with Gasteiger partial charge in [0, 0.05) is 54.8 Å². The number of rotatable bonds is 5. The van der Waals surface area contributed by atoms with Crippen molar-refractivity contribution < 1.29 is 4.79 Å². The summed E-state index contributed by atoms with van der Waals surface area (Å²) in [5.74, 6) is 2.53. The third-order valence-corrected chi connectivity index (χ3v) is 7.58. The van der Waals surface area contributed by atoms with Gasteiger partial charge in [-0.2, -0.15) is 9.67 Å². The molecule has 3 aromatic heterocycles. The van der Waals surface area contributed by atoms with Crippen LogP contribution in [-0.2, 0) is 17.9 Å². The first-order chi connectivity index (χ1) is 18.0. The third kappa shape index (κ3) is 4.36. The normalized spacial score (nSPS) is 19.6. The van der Waals surface area contributed by atoms with Crippen LogP contribution < -0.4 is 5.32 Å². The minimum Gasteiger partial charge on any atom is -0.351 e. The van der Waals surface area contributed by atoms with Crippen molar-refractivity contribution in [2.45, 2.75) is 58.7 Å². The van der Waals surface area contributed by atoms with E-state index in [1.807, 2.05) is 42.3 Å². The van der Waals surface area contributed by atoms with E-state index in [1.54, 1.807) is 10.9 Å². The highest BCUT2D eigenvalue weighted by molar-refractivity contribution is 5.88. The molecule has 0 unspecified atom stereocenters. The topological polar surface area (TPSA) is 107 Å². The minimum absolute atomic E-state index is 0.0666. The van der Waals surface area contributed by atoms with Crippen LogP contribution in [0.4, 0.5) is 5.95 Å². The molecule has 10 nitrogen and oxygen atoms in total. The molecule has 4 aromatic rings. The van der Waals surface area contributed by atoms with E-state index >= 15 is 0 Å². The van der Waals surface area contributed by atoms with Crippen molar-refractivity contribution in [2.75, 3.05) is 11.9 Å². The first kappa shape index (κ1) is 23.3. The second-order valence-electron chi connectivity index (χ2n) is 10.1. The maximum absolute atomic E-state index is 13.2. The second-order valence-corrected chi connectivity index (χ2v) is 10.1. The molecular formula is C27H31N9O. The SMILES string of the molecule is C=C(C)c1cccc2c1nnn2-c1ccnc(NC2CCC(C(=O)N3CCn4c(C)cnc4C3)CC2)n1. The number of allylic oxidation sites excluding steroid dienone is 1. The molecule has 37 heavy (non-hydrogen) atoms. The van der Waals surface area contributed by atoms with Crippen LogP contribution in [0.15, 0.2) is 43.2 Å². The zero-order valence-corrected chi connectivity index (χ0v) is 21.3. The van der Waals surface area contributed by atoms with E-state index in [2.05, 4.69) is 43.7 Å². The molecule has 10 heteroatoms. The fourth-order valence-electron chi connectivity index (χ4n) is 5.52. The van der Waals surface area contributed by atoms with E-state index in [0.717, 1.165) is 72.5 Å². The molecule has 1 saturated carbocycles. The highest BCUT2D eigenvalue weighted by Gasteiger charge is 2.32. The number of aryl methyl sites for hydroxylation is 1. The van der Waals surface area contributed by atoms with Crippen molar-refractivity contribution in [2.24, 2.45) is 5.92 Å². The van der Waals surface area contributed by atoms with Gasteiger partial charge in [-0.3, -0.25) is 4.79 Å². The minimum atomic E-state index is 0.0666. The predicted octanol–water partition coefficient (Wildman–Crippen LogP) is 3.76. The predicted molar refractivity (Wildman–Crippen MR) is 141 cm³/mol. The summed E-state index contributed by atoms with van der Waals surface area (Å²) in [6, 6.07) is 8.01. The Labute approximate surface area is 215 Å². The summed E-state index contributed by atoms with van der Waals surface area (Å²) in [5.41, 5.74) is 4.76. The van der Waals surface area contributed by atoms with E-state index in [0.29, 0.717) is 18.3 Å². The van der Waals surface area contributed by atoms with Crippen molar-refractivity contribution in [3.8, 4) is 5.82 Å². The Bertz CT molecular complexity index is 1480. The van der Waals surface area contributed by atoms with Gasteiger partial charge in [0.25, 0.3) is 0 Å². The van der Waals surface area contributed by atoms with Crippen LogP contribution in [0.3, 0.4) is 0 Å². The molecular weight excluding hydrogens is 466 g/mol. The average molecular weight is 498 g/mol. The van der Waals surface area contributed by atoms with Gasteiger partial charge in [0.2, 0.25) is 11.9 Å². The standard InChI is InChI=1S/C27H31N9O/c1-17(2)21-5-4-6-22-25(21)32-33-36(22)23-11-12-28-27(31-23)30-20-9-7-19(8-10-20)26(37)34-13-14-35-18(3)15-29-24(35)16-34/h4-6,11-12,15,19-20H,1,7-10,13-14,16H2,2-3H3,(H,28,30,31). The number of carbonyl (C=O) groups is 1. The number of carbonyl (C=O) groups excluding carboxylic acids is 1. The molecule has 0 bridgehead atoms. The number of hydrogen-bond acceptors (Lipinski definition) is 7. The fourth-order valence-corrected chi connectivity index (χ4v) is 5.52. The summed E-state index contributed by atoms with van der Waals surface area (Å²) in [4.78, 5) is 28.8. The molecule has 2 aliphatic rings. The van der Waals surface area contributed by atoms with Gasteiger partial charge in [-0.25, -0.2) is 9.97 Å². The van der Waals surface area contributed by atoms with Crippen LogP contribution in [0.1, 0.15) is 49.7 Å². The molecule has 0 radical (unpaired) electrons. The molecule has 4 heterocycles. The summed E-state index contributed by atoms with van der Waals surface area (Å²) in [6.07, 6.45) is 7.15. The van der Waals surface area contributed by atoms with Gasteiger partial charge in [0.15, 0.2) is 5.82 Å². The lowest BCUT2D eigenvalue weighted by molar-refractivity contribution is -0.138. The van der Waals surface area contributed by atoms with Crippen molar-refractivity contribution in [3.63, 3.8) is 0 Å². The zero-order valence-electron chi connectivity index (χ0n) is 21.3. The Morgan fingerprint density at radius 1 is 1.11 bits per heavy atom. The van der Waals surface area contributed by atoms with E-state index in [1.165, 1.54) is 0 Å². The van der Waals surface area contributed by atoms with Gasteiger partial charge in [-0.05, 0) is 51.2 Å². The van der Waals surface area contributed by atoms with Gasteiger partial charge >= 0.3 is 0 Å². The Kier molecular flexibility index (Phi) is 5.94. The lowest BCUT2D eigenvalue weighted by Gasteiger charge is -2.34. The molecule has 190 valence electrons. The molecule has 1 aromatic carbocycles. The largest absolute Gasteiger partial charge is 0.351 e. The van der Waals surface area contributed by atoms with Gasteiger partial charge in [-0.1, -0.05) is 23.9 Å². The van der Waals surface area contributed by atoms with Crippen LogP contribution in [0.25, 0.3) is 22.4 Å². The molecule has 1 N–H and O–H groups in total. The Hall–Kier alpha value is -4.08. The van der Waals surface area contributed by atoms with Crippen LogP contribution in [0.5, 0.6) is 0 Å². The molecule has 1 aliphatic carbocycles. The molecule has 6 rings (SSSR count). The number of anilines is 1. The van der Waals surface area contributed by atoms with Gasteiger partial charge in [0.05, 0.1) is 12.1 Å². The van der Waals surface area contributed by atoms with E-state index in [4.69, 9.17) is 4.98 Å². The van der Waals surface area contributed by atoms with Gasteiger partial charge in [-0.15, -0.1) is 5.10 Å². The highest BCUT2D eigenvalue weighted by Crippen LogP contribution is 2.29. The van der Waals surface area contributed by atoms with Gasteiger partial charge < -0.3 is 14.8 Å². The zero-order chi connectivity index (χ0) is 25.5. The fraction of sp³-hybridized carbons (Fsp3) is 0.407. The van der Waals surface area contributed by atoms with Crippen molar-refractivity contribution >= 4 is 28.5 Å². The second kappa shape index (κ2) is 9.42. The first-order valence-corrected chi connectivity index (χ1v) is 12.9. The maximum Gasteiger partial charge on any atom is 0.226 e. The van der Waals surface area contributed by atoms with Crippen LogP contribution >= 0.6 is 0 Å². The molecule has 0 atom stereocenters. The molecule has 1 fully saturated rings. The van der Waals surface area contributed by atoms with Crippen LogP contribution in [0, 0.1) is 12.8 Å². The quantitative estimate of drug-likeness (QED) is 0.447. The molecule has 0 saturated heterocycles. The van der Waals surface area contributed by atoms with Crippen molar-refractivity contribution in [3.05, 3.63) is 60.3 Å². The van der Waals surface area contributed by atoms with Crippen LogP contribution in [-0.4, -0.2) is 57.9 Å². The van der Waals surface area contributed by atoms with E-state index < -0.39 is 0 Å². The molecule has 0 spiro atoms. The first-order valence-electron chi connectivity index (χ1n) is 12.9. The van der Waals surface area contributed by atoms with Crippen LogP contribution in [0.2, 0.25) is 0 Å². The Morgan fingerprint density at radius 3 is 2.76 bits per heavy atom. The van der Waals surface area contributed by atoms with Crippen molar-refractivity contribution in [1.29, 1.82) is 0 Å². The number of nitrogens with zero attached hydrogens (tertiary/aromatic N) is 8. The summed E-state index contributed by atoms with van der Waals surface area (Å²) in [6.45, 7) is 10.3. The number of hydrogen-bond donors (Lipinski definition) is 1. The summed E-state index contributed by atoms with van der Waals surface area (Å²) in [5, 5.41) is 12.2. The number of aromatic nitrogens is 7. The third-order valence-electron chi connectivity index (χ3n) is 7.58. The van der Waals surface area contributed by atoms with E-state index in [9.17, 15) is 4.79 Å². The number of benzene rings is 1. The summed E-state index contributed by atoms with van der Waals surface area (Å²) < 4.78 is 3.94. The number of nitrogens with one attached hydrogen (secondary N) is 1. The summed E-state index contributed by atoms with van der Waals surface area (Å²) >= 11 is 0. The number of imidazole rings is 1. The lowest BCUT2D eigenvalue weighted by atomic mass is 9.85. The maximum atomic E-state index is 13.2. The van der Waals surface area contributed by atoms with Crippen molar-refractivity contribution in [1.82, 2.24) is 39.4 Å². The summed E-state index contributed by atoms with van der Waals surface area (Å²) in [7, 11) is 0. The smallest absolute Gasteiger partial charge is 0.226 e. The molecule has 1 amide bonds. The molecule has 1 aliphatic heterocycles. The Balaban J connectivity index is 1.10.